The highest BCUT2D eigenvalue weighted by molar-refractivity contribution is 5.37. The summed E-state index contributed by atoms with van der Waals surface area (Å²) in [6.45, 7) is 5.28. The smallest absolute Gasteiger partial charge is 0.119 e. The summed E-state index contributed by atoms with van der Waals surface area (Å²) in [5, 5.41) is 0. The Morgan fingerprint density at radius 2 is 1.71 bits per heavy atom. The molecule has 1 aromatic carbocycles. The zero-order valence-electron chi connectivity index (χ0n) is 20.3. The molecule has 31 heavy (non-hydrogen) atoms. The first-order valence-electron chi connectivity index (χ1n) is 13.6. The molecule has 0 bridgehead atoms. The van der Waals surface area contributed by atoms with Gasteiger partial charge < -0.3 is 4.74 Å². The van der Waals surface area contributed by atoms with Gasteiger partial charge in [0.1, 0.15) is 5.75 Å². The Hall–Kier alpha value is -1.24. The number of ether oxygens (including phenoxy) is 1. The summed E-state index contributed by atoms with van der Waals surface area (Å²) in [5.74, 6) is 6.10. The highest BCUT2D eigenvalue weighted by Crippen LogP contribution is 2.49. The SMILES string of the molecule is C/C=C/CC[C@@H]1CC[C@@H]2CC(C3CCc4cc(OCCCCC)ccc4C3)CCC2C1. The van der Waals surface area contributed by atoms with E-state index in [0.29, 0.717) is 0 Å². The van der Waals surface area contributed by atoms with Gasteiger partial charge in [0, 0.05) is 0 Å². The first-order chi connectivity index (χ1) is 15.3. The van der Waals surface area contributed by atoms with Crippen LogP contribution in [0.5, 0.6) is 5.75 Å². The summed E-state index contributed by atoms with van der Waals surface area (Å²) in [4.78, 5) is 0. The van der Waals surface area contributed by atoms with Crippen LogP contribution in [0.4, 0.5) is 0 Å². The number of aryl methyl sites for hydroxylation is 1. The van der Waals surface area contributed by atoms with E-state index in [2.05, 4.69) is 44.2 Å². The van der Waals surface area contributed by atoms with Gasteiger partial charge in [0.05, 0.1) is 6.61 Å². The molecule has 0 spiro atoms. The molecule has 0 amide bonds. The molecule has 3 unspecified atom stereocenters. The van der Waals surface area contributed by atoms with Crippen LogP contribution in [0.2, 0.25) is 0 Å². The molecule has 0 saturated heterocycles. The van der Waals surface area contributed by atoms with Crippen molar-refractivity contribution in [1.29, 1.82) is 0 Å². The second-order valence-electron chi connectivity index (χ2n) is 10.9. The Labute approximate surface area is 192 Å². The van der Waals surface area contributed by atoms with Gasteiger partial charge in [0.2, 0.25) is 0 Å². The maximum Gasteiger partial charge on any atom is 0.119 e. The lowest BCUT2D eigenvalue weighted by molar-refractivity contribution is 0.0699. The third-order valence-electron chi connectivity index (χ3n) is 8.87. The van der Waals surface area contributed by atoms with E-state index in [4.69, 9.17) is 4.74 Å². The molecule has 2 fully saturated rings. The summed E-state index contributed by atoms with van der Waals surface area (Å²) in [6, 6.07) is 6.97. The van der Waals surface area contributed by atoms with Gasteiger partial charge >= 0.3 is 0 Å². The lowest BCUT2D eigenvalue weighted by atomic mass is 9.61. The van der Waals surface area contributed by atoms with E-state index in [1.165, 1.54) is 89.9 Å². The first kappa shape index (κ1) is 22.9. The van der Waals surface area contributed by atoms with Gasteiger partial charge in [-0.15, -0.1) is 0 Å². The number of benzene rings is 1. The summed E-state index contributed by atoms with van der Waals surface area (Å²) in [5.41, 5.74) is 3.19. The zero-order chi connectivity index (χ0) is 21.5. The maximum absolute atomic E-state index is 6.01. The molecule has 3 aliphatic carbocycles. The van der Waals surface area contributed by atoms with Crippen LogP contribution in [-0.2, 0) is 12.8 Å². The molecule has 2 saturated carbocycles. The van der Waals surface area contributed by atoms with Gasteiger partial charge in [-0.3, -0.25) is 0 Å². The van der Waals surface area contributed by atoms with Gasteiger partial charge in [0.15, 0.2) is 0 Å². The van der Waals surface area contributed by atoms with E-state index in [1.807, 2.05) is 0 Å². The third kappa shape index (κ3) is 6.17. The highest BCUT2D eigenvalue weighted by Gasteiger charge is 2.38. The molecule has 0 radical (unpaired) electrons. The number of hydrogen-bond acceptors (Lipinski definition) is 1. The molecule has 1 aromatic rings. The van der Waals surface area contributed by atoms with Crippen molar-refractivity contribution in [2.75, 3.05) is 6.61 Å². The Kier molecular flexibility index (Phi) is 8.56. The summed E-state index contributed by atoms with van der Waals surface area (Å²) < 4.78 is 6.01. The minimum atomic E-state index is 0.871. The standard InChI is InChI=1S/C30H46O/c1-3-5-7-9-23-10-11-25-20-26(13-12-24(25)19-23)27-14-15-29-22-30(17-16-28(29)21-27)31-18-8-6-4-2/h3,5,16-17,22-27H,4,6-15,18-21H2,1-2H3/b5-3+/t23-,24?,25-,26?,27?/m1/s1. The predicted octanol–water partition coefficient (Wildman–Crippen LogP) is 8.55. The highest BCUT2D eigenvalue weighted by atomic mass is 16.5. The number of unbranched alkanes of at least 4 members (excludes halogenated alkanes) is 2. The van der Waals surface area contributed by atoms with Crippen LogP contribution in [0.15, 0.2) is 30.4 Å². The molecule has 0 N–H and O–H groups in total. The number of rotatable bonds is 9. The Bertz CT molecular complexity index is 704. The Morgan fingerprint density at radius 3 is 2.55 bits per heavy atom. The van der Waals surface area contributed by atoms with Crippen molar-refractivity contribution >= 4 is 0 Å². The average Bonchev–Trinajstić information content (AvgIpc) is 2.81. The lowest BCUT2D eigenvalue weighted by Crippen LogP contribution is -2.35. The predicted molar refractivity (Wildman–Crippen MR) is 133 cm³/mol. The van der Waals surface area contributed by atoms with Crippen molar-refractivity contribution < 1.29 is 4.74 Å². The molecule has 5 atom stereocenters. The molecule has 0 aliphatic heterocycles. The molecule has 0 heterocycles. The quantitative estimate of drug-likeness (QED) is 0.286. The molecule has 0 aromatic heterocycles. The maximum atomic E-state index is 6.01. The van der Waals surface area contributed by atoms with Gasteiger partial charge in [-0.25, -0.2) is 0 Å². The Balaban J connectivity index is 1.26. The fourth-order valence-electron chi connectivity index (χ4n) is 7.01. The van der Waals surface area contributed by atoms with Crippen molar-refractivity contribution in [2.45, 2.75) is 104 Å². The second kappa shape index (κ2) is 11.6. The summed E-state index contributed by atoms with van der Waals surface area (Å²) >= 11 is 0. The van der Waals surface area contributed by atoms with Crippen LogP contribution in [0.25, 0.3) is 0 Å². The van der Waals surface area contributed by atoms with Crippen LogP contribution in [0, 0.1) is 29.6 Å². The van der Waals surface area contributed by atoms with Crippen molar-refractivity contribution in [3.05, 3.63) is 41.5 Å². The third-order valence-corrected chi connectivity index (χ3v) is 8.87. The molecule has 4 rings (SSSR count). The van der Waals surface area contributed by atoms with Gasteiger partial charge in [-0.2, -0.15) is 0 Å². The topological polar surface area (TPSA) is 9.23 Å². The van der Waals surface area contributed by atoms with E-state index < -0.39 is 0 Å². The van der Waals surface area contributed by atoms with E-state index in [1.54, 1.807) is 11.1 Å². The number of hydrogen-bond donors (Lipinski definition) is 0. The van der Waals surface area contributed by atoms with E-state index >= 15 is 0 Å². The monoisotopic (exact) mass is 422 g/mol. The fraction of sp³-hybridized carbons (Fsp3) is 0.733. The molecule has 1 nitrogen and oxygen atoms in total. The number of allylic oxidation sites excluding steroid dienone is 2. The minimum Gasteiger partial charge on any atom is -0.494 e. The van der Waals surface area contributed by atoms with E-state index in [-0.39, 0.29) is 0 Å². The molecule has 3 aliphatic rings. The molecular formula is C30H46O. The van der Waals surface area contributed by atoms with Gasteiger partial charge in [-0.1, -0.05) is 44.4 Å². The first-order valence-corrected chi connectivity index (χ1v) is 13.6. The van der Waals surface area contributed by atoms with Gasteiger partial charge in [-0.05, 0) is 130 Å². The lowest BCUT2D eigenvalue weighted by Gasteiger charge is -2.45. The molecule has 1 heteroatoms. The Morgan fingerprint density at radius 1 is 0.903 bits per heavy atom. The largest absolute Gasteiger partial charge is 0.494 e. The average molecular weight is 423 g/mol. The molecular weight excluding hydrogens is 376 g/mol. The van der Waals surface area contributed by atoms with Crippen molar-refractivity contribution in [2.24, 2.45) is 29.6 Å². The number of fused-ring (bicyclic) bond motifs is 2. The van der Waals surface area contributed by atoms with Crippen molar-refractivity contribution in [1.82, 2.24) is 0 Å². The van der Waals surface area contributed by atoms with Crippen LogP contribution in [0.1, 0.15) is 102 Å². The van der Waals surface area contributed by atoms with E-state index in [0.717, 1.165) is 41.9 Å². The van der Waals surface area contributed by atoms with Crippen molar-refractivity contribution in [3.63, 3.8) is 0 Å². The second-order valence-corrected chi connectivity index (χ2v) is 10.9. The van der Waals surface area contributed by atoms with Crippen LogP contribution < -0.4 is 4.74 Å². The van der Waals surface area contributed by atoms with E-state index in [9.17, 15) is 0 Å². The summed E-state index contributed by atoms with van der Waals surface area (Å²) in [7, 11) is 0. The van der Waals surface area contributed by atoms with Crippen LogP contribution in [0.3, 0.4) is 0 Å². The molecule has 172 valence electrons. The van der Waals surface area contributed by atoms with Crippen LogP contribution >= 0.6 is 0 Å². The fourth-order valence-corrected chi connectivity index (χ4v) is 7.01. The van der Waals surface area contributed by atoms with Crippen molar-refractivity contribution in [3.8, 4) is 5.75 Å². The minimum absolute atomic E-state index is 0.871. The van der Waals surface area contributed by atoms with Crippen LogP contribution in [-0.4, -0.2) is 6.61 Å². The van der Waals surface area contributed by atoms with Gasteiger partial charge in [0.25, 0.3) is 0 Å². The normalized spacial score (nSPS) is 30.7. The zero-order valence-corrected chi connectivity index (χ0v) is 20.3. The summed E-state index contributed by atoms with van der Waals surface area (Å²) in [6.07, 6.45) is 24.1.